The molecule has 108 valence electrons. The zero-order valence-electron chi connectivity index (χ0n) is 11.1. The fourth-order valence-corrected chi connectivity index (χ4v) is 2.51. The smallest absolute Gasteiger partial charge is 0.285 e. The van der Waals surface area contributed by atoms with E-state index >= 15 is 0 Å². The first-order valence-corrected chi connectivity index (χ1v) is 6.42. The minimum Gasteiger partial charge on any atom is -0.396 e. The second-order valence-electron chi connectivity index (χ2n) is 5.24. The van der Waals surface area contributed by atoms with E-state index in [2.05, 4.69) is 12.2 Å². The first-order chi connectivity index (χ1) is 9.38. The second-order valence-corrected chi connectivity index (χ2v) is 5.24. The van der Waals surface area contributed by atoms with Gasteiger partial charge in [0.1, 0.15) is 5.56 Å². The molecule has 2 unspecified atom stereocenters. The Kier molecular flexibility index (Phi) is 3.87. The summed E-state index contributed by atoms with van der Waals surface area (Å²) in [5.74, 6) is -0.959. The molecule has 0 spiro atoms. The molecule has 0 bridgehead atoms. The summed E-state index contributed by atoms with van der Waals surface area (Å²) in [5, 5.41) is 13.6. The van der Waals surface area contributed by atoms with Crippen molar-refractivity contribution >= 4 is 17.3 Å². The number of nitrogens with two attached hydrogens (primary N) is 1. The van der Waals surface area contributed by atoms with Gasteiger partial charge in [0.2, 0.25) is 0 Å². The molecule has 1 aliphatic rings. The van der Waals surface area contributed by atoms with Crippen LogP contribution in [0.3, 0.4) is 0 Å². The van der Waals surface area contributed by atoms with Crippen molar-refractivity contribution in [3.05, 3.63) is 33.6 Å². The van der Waals surface area contributed by atoms with Crippen LogP contribution in [0.25, 0.3) is 0 Å². The second kappa shape index (κ2) is 5.44. The van der Waals surface area contributed by atoms with Gasteiger partial charge in [-0.2, -0.15) is 0 Å². The van der Waals surface area contributed by atoms with Crippen LogP contribution in [0.15, 0.2) is 12.1 Å². The molecule has 20 heavy (non-hydrogen) atoms. The summed E-state index contributed by atoms with van der Waals surface area (Å²) in [5.41, 5.74) is 4.33. The molecule has 0 aliphatic heterocycles. The fraction of sp³-hybridized carbons (Fsp3) is 0.462. The average molecular weight is 281 g/mol. The van der Waals surface area contributed by atoms with Gasteiger partial charge in [0.25, 0.3) is 11.6 Å². The van der Waals surface area contributed by atoms with Gasteiger partial charge in [-0.1, -0.05) is 6.92 Å². The third-order valence-corrected chi connectivity index (χ3v) is 3.59. The van der Waals surface area contributed by atoms with Crippen LogP contribution >= 0.6 is 0 Å². The molecule has 0 saturated heterocycles. The highest BCUT2D eigenvalue weighted by molar-refractivity contribution is 5.99. The molecule has 1 aliphatic carbocycles. The topological polar surface area (TPSA) is 98.3 Å². The maximum atomic E-state index is 13.3. The third-order valence-electron chi connectivity index (χ3n) is 3.59. The molecule has 7 heteroatoms. The van der Waals surface area contributed by atoms with Crippen molar-refractivity contribution in [3.63, 3.8) is 0 Å². The molecule has 1 aromatic rings. The lowest BCUT2D eigenvalue weighted by molar-refractivity contribution is -0.385. The van der Waals surface area contributed by atoms with Crippen molar-refractivity contribution in [2.24, 2.45) is 5.92 Å². The highest BCUT2D eigenvalue weighted by Gasteiger charge is 2.27. The summed E-state index contributed by atoms with van der Waals surface area (Å²) in [7, 11) is 0. The Morgan fingerprint density at radius 2 is 2.20 bits per heavy atom. The summed E-state index contributed by atoms with van der Waals surface area (Å²) in [4.78, 5) is 22.2. The number of nitrogens with one attached hydrogen (secondary N) is 1. The Balaban J connectivity index is 2.24. The van der Waals surface area contributed by atoms with Crippen molar-refractivity contribution < 1.29 is 14.1 Å². The summed E-state index contributed by atoms with van der Waals surface area (Å²) in [6.07, 6.45) is 2.70. The van der Waals surface area contributed by atoms with Gasteiger partial charge in [-0.15, -0.1) is 0 Å². The lowest BCUT2D eigenvalue weighted by Gasteiger charge is -2.13. The number of nitrogens with zero attached hydrogens (tertiary/aromatic N) is 1. The van der Waals surface area contributed by atoms with E-state index in [1.165, 1.54) is 0 Å². The number of hydrogen-bond donors (Lipinski definition) is 2. The number of nitrogen functional groups attached to an aromatic ring is 1. The SMILES string of the molecule is CC1CCC(NC(=O)c2cc(N)c(F)cc2[N+](=O)[O-])C1. The number of halogens is 1. The van der Waals surface area contributed by atoms with Crippen molar-refractivity contribution in [1.29, 1.82) is 0 Å². The van der Waals surface area contributed by atoms with Crippen LogP contribution in [-0.4, -0.2) is 16.9 Å². The van der Waals surface area contributed by atoms with Gasteiger partial charge in [0.05, 0.1) is 16.7 Å². The molecule has 2 atom stereocenters. The molecule has 0 radical (unpaired) electrons. The van der Waals surface area contributed by atoms with E-state index in [-0.39, 0.29) is 17.3 Å². The highest BCUT2D eigenvalue weighted by Crippen LogP contribution is 2.27. The minimum absolute atomic E-state index is 0.00313. The van der Waals surface area contributed by atoms with Crippen molar-refractivity contribution in [3.8, 4) is 0 Å². The van der Waals surface area contributed by atoms with Crippen molar-refractivity contribution in [1.82, 2.24) is 5.32 Å². The maximum absolute atomic E-state index is 13.3. The van der Waals surface area contributed by atoms with E-state index in [4.69, 9.17) is 5.73 Å². The number of amides is 1. The number of nitro groups is 1. The zero-order valence-corrected chi connectivity index (χ0v) is 11.1. The Bertz CT molecular complexity index is 562. The van der Waals surface area contributed by atoms with Crippen LogP contribution in [-0.2, 0) is 0 Å². The van der Waals surface area contributed by atoms with Crippen molar-refractivity contribution in [2.75, 3.05) is 5.73 Å². The van der Waals surface area contributed by atoms with Crippen LogP contribution in [0.4, 0.5) is 15.8 Å². The predicted molar refractivity (Wildman–Crippen MR) is 71.7 cm³/mol. The lowest BCUT2D eigenvalue weighted by atomic mass is 10.1. The van der Waals surface area contributed by atoms with Gasteiger partial charge >= 0.3 is 0 Å². The molecule has 0 heterocycles. The first-order valence-electron chi connectivity index (χ1n) is 6.42. The van der Waals surface area contributed by atoms with Crippen LogP contribution < -0.4 is 11.1 Å². The van der Waals surface area contributed by atoms with Gasteiger partial charge in [-0.25, -0.2) is 4.39 Å². The number of benzene rings is 1. The summed E-state index contributed by atoms with van der Waals surface area (Å²) >= 11 is 0. The normalized spacial score (nSPS) is 21.7. The Labute approximate surface area is 115 Å². The van der Waals surface area contributed by atoms with Gasteiger partial charge in [-0.3, -0.25) is 14.9 Å². The van der Waals surface area contributed by atoms with E-state index in [0.29, 0.717) is 12.0 Å². The Morgan fingerprint density at radius 3 is 2.75 bits per heavy atom. The number of rotatable bonds is 3. The molecule has 0 aromatic heterocycles. The largest absolute Gasteiger partial charge is 0.396 e. The third kappa shape index (κ3) is 2.87. The first kappa shape index (κ1) is 14.2. The van der Waals surface area contributed by atoms with Crippen LogP contribution in [0.1, 0.15) is 36.5 Å². The van der Waals surface area contributed by atoms with Crippen LogP contribution in [0.5, 0.6) is 0 Å². The standard InChI is InChI=1S/C13H16FN3O3/c1-7-2-3-8(4-7)16-13(18)9-5-11(15)10(14)6-12(9)17(19)20/h5-8H,2-4,15H2,1H3,(H,16,18). The Hall–Kier alpha value is -2.18. The van der Waals surface area contributed by atoms with Crippen LogP contribution in [0.2, 0.25) is 0 Å². The quantitative estimate of drug-likeness (QED) is 0.504. The van der Waals surface area contributed by atoms with Gasteiger partial charge in [-0.05, 0) is 31.2 Å². The summed E-state index contributed by atoms with van der Waals surface area (Å²) in [6, 6.07) is 1.70. The monoisotopic (exact) mass is 281 g/mol. The van der Waals surface area contributed by atoms with Gasteiger partial charge in [0.15, 0.2) is 5.82 Å². The maximum Gasteiger partial charge on any atom is 0.285 e. The molecular weight excluding hydrogens is 265 g/mol. The number of anilines is 1. The summed E-state index contributed by atoms with van der Waals surface area (Å²) in [6.45, 7) is 2.09. The molecule has 6 nitrogen and oxygen atoms in total. The fourth-order valence-electron chi connectivity index (χ4n) is 2.51. The number of carbonyl (C=O) groups is 1. The van der Waals surface area contributed by atoms with Gasteiger partial charge in [0, 0.05) is 6.04 Å². The zero-order chi connectivity index (χ0) is 14.9. The molecule has 1 saturated carbocycles. The van der Waals surface area contributed by atoms with E-state index in [9.17, 15) is 19.3 Å². The molecule has 3 N–H and O–H groups in total. The van der Waals surface area contributed by atoms with E-state index in [1.807, 2.05) is 0 Å². The van der Waals surface area contributed by atoms with E-state index < -0.39 is 22.3 Å². The predicted octanol–water partition coefficient (Wildman–Crippen LogP) is 2.23. The van der Waals surface area contributed by atoms with E-state index in [1.54, 1.807) is 0 Å². The average Bonchev–Trinajstić information content (AvgIpc) is 2.77. The van der Waals surface area contributed by atoms with E-state index in [0.717, 1.165) is 25.3 Å². The van der Waals surface area contributed by atoms with Crippen LogP contribution in [0, 0.1) is 21.8 Å². The molecular formula is C13H16FN3O3. The summed E-state index contributed by atoms with van der Waals surface area (Å²) < 4.78 is 13.3. The minimum atomic E-state index is -0.900. The molecule has 1 aromatic carbocycles. The molecule has 1 fully saturated rings. The lowest BCUT2D eigenvalue weighted by Crippen LogP contribution is -2.33. The number of hydrogen-bond acceptors (Lipinski definition) is 4. The van der Waals surface area contributed by atoms with Gasteiger partial charge < -0.3 is 11.1 Å². The van der Waals surface area contributed by atoms with Crippen molar-refractivity contribution in [2.45, 2.75) is 32.2 Å². The molecule has 2 rings (SSSR count). The highest BCUT2D eigenvalue weighted by atomic mass is 19.1. The Morgan fingerprint density at radius 1 is 1.50 bits per heavy atom. The molecule has 1 amide bonds. The number of nitro benzene ring substituents is 1. The number of carbonyl (C=O) groups excluding carboxylic acids is 1.